The number of benzene rings is 1. The fourth-order valence-electron chi connectivity index (χ4n) is 2.52. The van der Waals surface area contributed by atoms with Crippen LogP contribution in [0.15, 0.2) is 23.0 Å². The summed E-state index contributed by atoms with van der Waals surface area (Å²) in [6.45, 7) is 0.793. The highest BCUT2D eigenvalue weighted by Crippen LogP contribution is 2.25. The summed E-state index contributed by atoms with van der Waals surface area (Å²) in [5.41, 5.74) is 8.66. The number of hydrogen-bond acceptors (Lipinski definition) is 3. The predicted molar refractivity (Wildman–Crippen MR) is 69.4 cm³/mol. The fraction of sp³-hybridized carbons (Fsp3) is 0.462. The average Bonchev–Trinajstić information content (AvgIpc) is 2.78. The summed E-state index contributed by atoms with van der Waals surface area (Å²) in [5, 5.41) is 0. The van der Waals surface area contributed by atoms with Crippen LogP contribution in [-0.2, 0) is 4.74 Å². The van der Waals surface area contributed by atoms with E-state index in [1.165, 1.54) is 6.42 Å². The molecule has 96 valence electrons. The molecule has 18 heavy (non-hydrogen) atoms. The highest BCUT2D eigenvalue weighted by Gasteiger charge is 2.22. The minimum Gasteiger partial charge on any atom is -0.376 e. The van der Waals surface area contributed by atoms with E-state index in [-0.39, 0.29) is 17.8 Å². The molecule has 0 aliphatic carbocycles. The topological polar surface area (TPSA) is 83.9 Å². The number of nitrogens with one attached hydrogen (secondary N) is 2. The first-order valence-corrected chi connectivity index (χ1v) is 6.33. The minimum atomic E-state index is -0.190. The first-order chi connectivity index (χ1) is 8.74. The number of imidazole rings is 1. The van der Waals surface area contributed by atoms with Crippen molar-refractivity contribution in [2.24, 2.45) is 5.73 Å². The van der Waals surface area contributed by atoms with Crippen LogP contribution in [0.2, 0.25) is 0 Å². The van der Waals surface area contributed by atoms with Crippen LogP contribution in [-0.4, -0.2) is 22.7 Å². The van der Waals surface area contributed by atoms with Crippen molar-refractivity contribution in [2.75, 3.05) is 6.61 Å². The lowest BCUT2D eigenvalue weighted by Crippen LogP contribution is -2.31. The van der Waals surface area contributed by atoms with Crippen LogP contribution in [0.4, 0.5) is 0 Å². The number of aromatic amines is 2. The fourth-order valence-corrected chi connectivity index (χ4v) is 2.52. The van der Waals surface area contributed by atoms with Gasteiger partial charge in [-0.05, 0) is 37.0 Å². The number of ether oxygens (including phenoxy) is 1. The number of rotatable bonds is 2. The first-order valence-electron chi connectivity index (χ1n) is 6.33. The van der Waals surface area contributed by atoms with Gasteiger partial charge in [-0.2, -0.15) is 0 Å². The largest absolute Gasteiger partial charge is 0.376 e. The Balaban J connectivity index is 1.90. The van der Waals surface area contributed by atoms with Gasteiger partial charge in [0, 0.05) is 6.61 Å². The highest BCUT2D eigenvalue weighted by atomic mass is 16.5. The van der Waals surface area contributed by atoms with Crippen LogP contribution in [0.3, 0.4) is 0 Å². The van der Waals surface area contributed by atoms with Gasteiger partial charge in [0.15, 0.2) is 0 Å². The van der Waals surface area contributed by atoms with Crippen molar-refractivity contribution in [3.63, 3.8) is 0 Å². The SMILES string of the molecule is NC(c1ccc2[nH]c(=O)[nH]c2c1)C1CCCCO1. The monoisotopic (exact) mass is 247 g/mol. The summed E-state index contributed by atoms with van der Waals surface area (Å²) in [5.74, 6) is 0. The van der Waals surface area contributed by atoms with Crippen LogP contribution >= 0.6 is 0 Å². The number of H-pyrrole nitrogens is 2. The summed E-state index contributed by atoms with van der Waals surface area (Å²) in [4.78, 5) is 16.7. The smallest absolute Gasteiger partial charge is 0.323 e. The van der Waals surface area contributed by atoms with Crippen molar-refractivity contribution in [3.8, 4) is 0 Å². The predicted octanol–water partition coefficient (Wildman–Crippen LogP) is 1.43. The van der Waals surface area contributed by atoms with E-state index in [2.05, 4.69) is 9.97 Å². The zero-order chi connectivity index (χ0) is 12.5. The summed E-state index contributed by atoms with van der Waals surface area (Å²) in [7, 11) is 0. The Morgan fingerprint density at radius 1 is 1.28 bits per heavy atom. The van der Waals surface area contributed by atoms with Gasteiger partial charge in [0.1, 0.15) is 0 Å². The molecule has 0 radical (unpaired) electrons. The molecule has 2 atom stereocenters. The molecule has 4 N–H and O–H groups in total. The first kappa shape index (κ1) is 11.5. The van der Waals surface area contributed by atoms with Gasteiger partial charge in [-0.15, -0.1) is 0 Å². The minimum absolute atomic E-state index is 0.0851. The molecule has 0 saturated carbocycles. The van der Waals surface area contributed by atoms with Crippen molar-refractivity contribution in [3.05, 3.63) is 34.2 Å². The highest BCUT2D eigenvalue weighted by molar-refractivity contribution is 5.75. The average molecular weight is 247 g/mol. The van der Waals surface area contributed by atoms with Crippen molar-refractivity contribution in [1.29, 1.82) is 0 Å². The quantitative estimate of drug-likeness (QED) is 0.750. The van der Waals surface area contributed by atoms with E-state index in [1.807, 2.05) is 18.2 Å². The molecule has 5 heteroatoms. The summed E-state index contributed by atoms with van der Waals surface area (Å²) >= 11 is 0. The maximum atomic E-state index is 11.2. The van der Waals surface area contributed by atoms with Gasteiger partial charge in [-0.1, -0.05) is 6.07 Å². The molecule has 5 nitrogen and oxygen atoms in total. The van der Waals surface area contributed by atoms with Crippen LogP contribution in [0.25, 0.3) is 11.0 Å². The van der Waals surface area contributed by atoms with Crippen molar-refractivity contribution in [2.45, 2.75) is 31.4 Å². The third-order valence-corrected chi connectivity index (χ3v) is 3.54. The number of nitrogens with two attached hydrogens (primary N) is 1. The van der Waals surface area contributed by atoms with Crippen molar-refractivity contribution < 1.29 is 4.74 Å². The summed E-state index contributed by atoms with van der Waals surface area (Å²) in [6, 6.07) is 5.63. The molecule has 1 aliphatic rings. The van der Waals surface area contributed by atoms with Gasteiger partial charge in [0.2, 0.25) is 0 Å². The molecule has 2 heterocycles. The summed E-state index contributed by atoms with van der Waals surface area (Å²) in [6.07, 6.45) is 3.37. The van der Waals surface area contributed by atoms with E-state index in [0.29, 0.717) is 0 Å². The third kappa shape index (κ3) is 2.07. The van der Waals surface area contributed by atoms with Crippen LogP contribution in [0, 0.1) is 0 Å². The maximum Gasteiger partial charge on any atom is 0.323 e. The molecule has 1 aromatic carbocycles. The Bertz CT molecular complexity index is 596. The third-order valence-electron chi connectivity index (χ3n) is 3.54. The molecule has 1 aliphatic heterocycles. The van der Waals surface area contributed by atoms with Gasteiger partial charge >= 0.3 is 5.69 Å². The Morgan fingerprint density at radius 3 is 2.89 bits per heavy atom. The second kappa shape index (κ2) is 4.59. The number of aromatic nitrogens is 2. The van der Waals surface area contributed by atoms with Crippen molar-refractivity contribution in [1.82, 2.24) is 9.97 Å². The molecule has 1 aromatic heterocycles. The number of fused-ring (bicyclic) bond motifs is 1. The lowest BCUT2D eigenvalue weighted by Gasteiger charge is -2.28. The molecule has 0 amide bonds. The molecule has 3 rings (SSSR count). The Morgan fingerprint density at radius 2 is 2.11 bits per heavy atom. The van der Waals surface area contributed by atoms with Crippen LogP contribution in [0.5, 0.6) is 0 Å². The van der Waals surface area contributed by atoms with Gasteiger partial charge in [-0.3, -0.25) is 0 Å². The Labute approximate surface area is 104 Å². The van der Waals surface area contributed by atoms with E-state index >= 15 is 0 Å². The molecular formula is C13H17N3O2. The molecule has 1 saturated heterocycles. The Kier molecular flexibility index (Phi) is 2.93. The standard InChI is InChI=1S/C13H17N3O2/c14-12(11-3-1-2-6-18-11)8-4-5-9-10(7-8)16-13(17)15-9/h4-5,7,11-12H,1-3,6,14H2,(H2,15,16,17). The second-order valence-electron chi connectivity index (χ2n) is 4.81. The van der Waals surface area contributed by atoms with Gasteiger partial charge < -0.3 is 20.4 Å². The molecule has 2 aromatic rings. The van der Waals surface area contributed by atoms with Crippen molar-refractivity contribution >= 4 is 11.0 Å². The zero-order valence-electron chi connectivity index (χ0n) is 10.1. The lowest BCUT2D eigenvalue weighted by atomic mass is 9.96. The Hall–Kier alpha value is -1.59. The lowest BCUT2D eigenvalue weighted by molar-refractivity contribution is 0.0000354. The normalized spacial score (nSPS) is 22.2. The zero-order valence-corrected chi connectivity index (χ0v) is 10.1. The summed E-state index contributed by atoms with van der Waals surface area (Å²) < 4.78 is 5.71. The van der Waals surface area contributed by atoms with Gasteiger partial charge in [-0.25, -0.2) is 4.79 Å². The van der Waals surface area contributed by atoms with E-state index in [9.17, 15) is 4.79 Å². The van der Waals surface area contributed by atoms with E-state index in [4.69, 9.17) is 10.5 Å². The molecular weight excluding hydrogens is 230 g/mol. The van der Waals surface area contributed by atoms with E-state index in [0.717, 1.165) is 36.0 Å². The second-order valence-corrected chi connectivity index (χ2v) is 4.81. The molecule has 2 unspecified atom stereocenters. The number of hydrogen-bond donors (Lipinski definition) is 3. The van der Waals surface area contributed by atoms with Gasteiger partial charge in [0.25, 0.3) is 0 Å². The molecule has 1 fully saturated rings. The van der Waals surface area contributed by atoms with E-state index in [1.54, 1.807) is 0 Å². The maximum absolute atomic E-state index is 11.2. The van der Waals surface area contributed by atoms with Gasteiger partial charge in [0.05, 0.1) is 23.2 Å². The molecule has 0 spiro atoms. The van der Waals surface area contributed by atoms with Crippen LogP contribution < -0.4 is 11.4 Å². The van der Waals surface area contributed by atoms with E-state index < -0.39 is 0 Å². The molecule has 0 bridgehead atoms. The van der Waals surface area contributed by atoms with Crippen LogP contribution in [0.1, 0.15) is 30.9 Å².